The van der Waals surface area contributed by atoms with Gasteiger partial charge in [0.05, 0.1) is 16.8 Å². The van der Waals surface area contributed by atoms with Crippen molar-refractivity contribution in [1.82, 2.24) is 5.43 Å². The number of nitrogens with zero attached hydrogens (tertiary/aromatic N) is 1. The van der Waals surface area contributed by atoms with Crippen LogP contribution in [-0.2, 0) is 4.79 Å². The van der Waals surface area contributed by atoms with Gasteiger partial charge in [-0.3, -0.25) is 4.79 Å². The number of unbranched alkanes of at least 4 members (excludes halogenated alkanes) is 8. The zero-order valence-electron chi connectivity index (χ0n) is 21.3. The third-order valence-corrected chi connectivity index (χ3v) is 6.72. The number of fused-ring (bicyclic) bond motifs is 1. The maximum absolute atomic E-state index is 12.8. The number of nitrogens with one attached hydrogen (secondary N) is 1. The van der Waals surface area contributed by atoms with Crippen LogP contribution in [-0.4, -0.2) is 18.1 Å². The van der Waals surface area contributed by atoms with E-state index >= 15 is 0 Å². The third kappa shape index (κ3) is 9.17. The number of benzene rings is 3. The number of rotatable bonds is 14. The van der Waals surface area contributed by atoms with Gasteiger partial charge in [-0.15, -0.1) is 0 Å². The first kappa shape index (κ1) is 28.7. The first-order chi connectivity index (χ1) is 18.0. The summed E-state index contributed by atoms with van der Waals surface area (Å²) in [5.74, 6) is -0.432. The number of carbonyl (C=O) groups is 2. The molecule has 196 valence electrons. The monoisotopic (exact) mass is 540 g/mol. The topological polar surface area (TPSA) is 67.8 Å². The first-order valence-electron chi connectivity index (χ1n) is 13.0. The lowest BCUT2D eigenvalue weighted by Crippen LogP contribution is -2.17. The van der Waals surface area contributed by atoms with Crippen LogP contribution in [0.5, 0.6) is 5.75 Å². The zero-order chi connectivity index (χ0) is 26.5. The molecule has 0 spiro atoms. The quantitative estimate of drug-likeness (QED) is 0.0730. The highest BCUT2D eigenvalue weighted by Crippen LogP contribution is 2.29. The largest absolute Gasteiger partial charge is 0.422 e. The van der Waals surface area contributed by atoms with Crippen molar-refractivity contribution in [1.29, 1.82) is 0 Å². The Morgan fingerprint density at radius 2 is 1.59 bits per heavy atom. The lowest BCUT2D eigenvalue weighted by Gasteiger charge is -2.11. The van der Waals surface area contributed by atoms with E-state index in [0.29, 0.717) is 22.8 Å². The van der Waals surface area contributed by atoms with Crippen molar-refractivity contribution < 1.29 is 14.3 Å². The van der Waals surface area contributed by atoms with Crippen LogP contribution in [0.2, 0.25) is 10.0 Å². The second-order valence-corrected chi connectivity index (χ2v) is 9.93. The van der Waals surface area contributed by atoms with Gasteiger partial charge in [0.25, 0.3) is 0 Å². The Bertz CT molecular complexity index is 1230. The minimum atomic E-state index is -0.610. The number of hydrogen-bond donors (Lipinski definition) is 1. The SMILES string of the molecule is CCCCCCCCCCCC(=O)N/N=C/c1c(OC(=O)c2ccc(Cl)cc2Cl)ccc2ccccc12. The van der Waals surface area contributed by atoms with Crippen molar-refractivity contribution in [2.75, 3.05) is 0 Å². The lowest BCUT2D eigenvalue weighted by molar-refractivity contribution is -0.121. The summed E-state index contributed by atoms with van der Waals surface area (Å²) in [7, 11) is 0. The number of amides is 1. The van der Waals surface area contributed by atoms with Gasteiger partial charge in [-0.2, -0.15) is 5.10 Å². The van der Waals surface area contributed by atoms with E-state index in [-0.39, 0.29) is 16.5 Å². The summed E-state index contributed by atoms with van der Waals surface area (Å²) < 4.78 is 5.68. The van der Waals surface area contributed by atoms with Gasteiger partial charge in [0.2, 0.25) is 5.91 Å². The number of halogens is 2. The Morgan fingerprint density at radius 1 is 0.892 bits per heavy atom. The molecule has 5 nitrogen and oxygen atoms in total. The highest BCUT2D eigenvalue weighted by atomic mass is 35.5. The normalized spacial score (nSPS) is 11.2. The highest BCUT2D eigenvalue weighted by Gasteiger charge is 2.16. The maximum Gasteiger partial charge on any atom is 0.345 e. The molecule has 0 bridgehead atoms. The molecule has 3 aromatic carbocycles. The Morgan fingerprint density at radius 3 is 2.32 bits per heavy atom. The molecule has 0 heterocycles. The van der Waals surface area contributed by atoms with Gasteiger partial charge in [0.1, 0.15) is 5.75 Å². The van der Waals surface area contributed by atoms with E-state index in [4.69, 9.17) is 27.9 Å². The molecule has 1 N–H and O–H groups in total. The van der Waals surface area contributed by atoms with Gasteiger partial charge < -0.3 is 4.74 Å². The number of carbonyl (C=O) groups excluding carboxylic acids is 2. The van der Waals surface area contributed by atoms with Gasteiger partial charge in [-0.05, 0) is 41.5 Å². The molecular formula is C30H34Cl2N2O3. The summed E-state index contributed by atoms with van der Waals surface area (Å²) >= 11 is 12.1. The smallest absolute Gasteiger partial charge is 0.345 e. The Hall–Kier alpha value is -2.89. The average molecular weight is 542 g/mol. The van der Waals surface area contributed by atoms with Crippen LogP contribution in [0.3, 0.4) is 0 Å². The first-order valence-corrected chi connectivity index (χ1v) is 13.8. The molecule has 0 atom stereocenters. The van der Waals surface area contributed by atoms with Crippen LogP contribution in [0, 0.1) is 0 Å². The van der Waals surface area contributed by atoms with Crippen LogP contribution in [0.1, 0.15) is 87.1 Å². The molecule has 0 saturated heterocycles. The van der Waals surface area contributed by atoms with Gasteiger partial charge in [-0.25, -0.2) is 10.2 Å². The second kappa shape index (κ2) is 15.4. The Labute approximate surface area is 229 Å². The van der Waals surface area contributed by atoms with Crippen LogP contribution < -0.4 is 10.2 Å². The van der Waals surface area contributed by atoms with Crippen molar-refractivity contribution in [2.24, 2.45) is 5.10 Å². The zero-order valence-corrected chi connectivity index (χ0v) is 22.8. The van der Waals surface area contributed by atoms with E-state index in [1.807, 2.05) is 30.3 Å². The van der Waals surface area contributed by atoms with E-state index in [1.165, 1.54) is 56.9 Å². The van der Waals surface area contributed by atoms with Gasteiger partial charge in [0.15, 0.2) is 0 Å². The van der Waals surface area contributed by atoms with Crippen molar-refractivity contribution in [3.8, 4) is 5.75 Å². The highest BCUT2D eigenvalue weighted by molar-refractivity contribution is 6.36. The molecule has 0 aromatic heterocycles. The molecular weight excluding hydrogens is 507 g/mol. The summed E-state index contributed by atoms with van der Waals surface area (Å²) in [4.78, 5) is 25.1. The van der Waals surface area contributed by atoms with Crippen LogP contribution in [0.25, 0.3) is 10.8 Å². The molecule has 0 aliphatic heterocycles. The van der Waals surface area contributed by atoms with E-state index in [0.717, 1.165) is 30.0 Å². The van der Waals surface area contributed by atoms with Gasteiger partial charge in [-0.1, -0.05) is 112 Å². The van der Waals surface area contributed by atoms with Crippen molar-refractivity contribution in [3.63, 3.8) is 0 Å². The molecule has 3 aromatic rings. The summed E-state index contributed by atoms with van der Waals surface area (Å²) in [6.07, 6.45) is 12.7. The average Bonchev–Trinajstić information content (AvgIpc) is 2.88. The molecule has 0 fully saturated rings. The maximum atomic E-state index is 12.8. The second-order valence-electron chi connectivity index (χ2n) is 9.08. The molecule has 37 heavy (non-hydrogen) atoms. The third-order valence-electron chi connectivity index (χ3n) is 6.17. The van der Waals surface area contributed by atoms with E-state index in [1.54, 1.807) is 12.1 Å². The fourth-order valence-corrected chi connectivity index (χ4v) is 4.61. The molecule has 0 unspecified atom stereocenters. The predicted octanol–water partition coefficient (Wildman–Crippen LogP) is 8.74. The fourth-order valence-electron chi connectivity index (χ4n) is 4.13. The van der Waals surface area contributed by atoms with Gasteiger partial charge in [0, 0.05) is 17.0 Å². The predicted molar refractivity (Wildman–Crippen MR) is 153 cm³/mol. The number of esters is 1. The summed E-state index contributed by atoms with van der Waals surface area (Å²) in [6.45, 7) is 2.23. The van der Waals surface area contributed by atoms with Crippen molar-refractivity contribution in [2.45, 2.75) is 71.1 Å². The van der Waals surface area contributed by atoms with Crippen LogP contribution >= 0.6 is 23.2 Å². The van der Waals surface area contributed by atoms with Crippen LogP contribution in [0.4, 0.5) is 0 Å². The van der Waals surface area contributed by atoms with E-state index in [2.05, 4.69) is 17.5 Å². The Balaban J connectivity index is 1.59. The molecule has 0 aliphatic carbocycles. The Kier molecular flexibility index (Phi) is 11.9. The molecule has 3 rings (SSSR count). The summed E-state index contributed by atoms with van der Waals surface area (Å²) in [5.41, 5.74) is 3.39. The van der Waals surface area contributed by atoms with Gasteiger partial charge >= 0.3 is 5.97 Å². The molecule has 7 heteroatoms. The number of hydrazone groups is 1. The summed E-state index contributed by atoms with van der Waals surface area (Å²) in [6, 6.07) is 15.8. The van der Waals surface area contributed by atoms with Crippen LogP contribution in [0.15, 0.2) is 59.7 Å². The standard InChI is InChI=1S/C30H34Cl2N2O3/c1-2-3-4-5-6-7-8-9-10-15-29(35)34-33-21-26-24-14-12-11-13-22(24)16-19-28(26)37-30(36)25-18-17-23(31)20-27(25)32/h11-14,16-21H,2-10,15H2,1H3,(H,34,35)/b33-21+. The minimum Gasteiger partial charge on any atom is -0.422 e. The summed E-state index contributed by atoms with van der Waals surface area (Å²) in [5, 5.41) is 6.59. The molecule has 0 saturated carbocycles. The van der Waals surface area contributed by atoms with Crippen molar-refractivity contribution in [3.05, 3.63) is 75.8 Å². The minimum absolute atomic E-state index is 0.133. The molecule has 1 amide bonds. The number of ether oxygens (including phenoxy) is 1. The van der Waals surface area contributed by atoms with E-state index in [9.17, 15) is 9.59 Å². The molecule has 0 radical (unpaired) electrons. The van der Waals surface area contributed by atoms with E-state index < -0.39 is 5.97 Å². The fraction of sp³-hybridized carbons (Fsp3) is 0.367. The number of hydrogen-bond acceptors (Lipinski definition) is 4. The molecule has 0 aliphatic rings. The van der Waals surface area contributed by atoms with Crippen molar-refractivity contribution >= 4 is 52.1 Å². The lowest BCUT2D eigenvalue weighted by atomic mass is 10.0.